The van der Waals surface area contributed by atoms with E-state index in [1.165, 1.54) is 0 Å². The standard InChI is InChI=1S/C10H14N4O/c1-15-10-4-2-8(3-5-10)6-9(11)7-13-14-12/h2-5,9H,6-7,11H2,1H3/t9-/m0/s1. The molecule has 0 radical (unpaired) electrons. The molecule has 1 aromatic carbocycles. The summed E-state index contributed by atoms with van der Waals surface area (Å²) in [5.74, 6) is 0.822. The van der Waals surface area contributed by atoms with Crippen LogP contribution in [0.2, 0.25) is 0 Å². The fourth-order valence-electron chi connectivity index (χ4n) is 1.27. The Bertz CT molecular complexity index is 343. The van der Waals surface area contributed by atoms with Crippen molar-refractivity contribution >= 4 is 0 Å². The number of hydrogen-bond donors (Lipinski definition) is 1. The molecule has 0 heterocycles. The van der Waals surface area contributed by atoms with E-state index in [4.69, 9.17) is 16.0 Å². The number of benzene rings is 1. The minimum absolute atomic E-state index is 0.130. The Morgan fingerprint density at radius 2 is 2.13 bits per heavy atom. The van der Waals surface area contributed by atoms with Gasteiger partial charge in [0, 0.05) is 17.5 Å². The number of hydrogen-bond acceptors (Lipinski definition) is 3. The van der Waals surface area contributed by atoms with Crippen molar-refractivity contribution in [3.8, 4) is 5.75 Å². The Labute approximate surface area is 88.5 Å². The highest BCUT2D eigenvalue weighted by Gasteiger charge is 2.02. The molecule has 2 N–H and O–H groups in total. The largest absolute Gasteiger partial charge is 0.497 e. The van der Waals surface area contributed by atoms with Gasteiger partial charge in [0.1, 0.15) is 5.75 Å². The van der Waals surface area contributed by atoms with Crippen LogP contribution in [-0.4, -0.2) is 19.7 Å². The van der Waals surface area contributed by atoms with E-state index in [1.807, 2.05) is 24.3 Å². The maximum atomic E-state index is 8.14. The summed E-state index contributed by atoms with van der Waals surface area (Å²) in [5, 5.41) is 3.43. The molecule has 1 aromatic rings. The Morgan fingerprint density at radius 1 is 1.47 bits per heavy atom. The van der Waals surface area contributed by atoms with E-state index in [2.05, 4.69) is 10.0 Å². The lowest BCUT2D eigenvalue weighted by Gasteiger charge is -2.08. The second-order valence-corrected chi connectivity index (χ2v) is 3.23. The van der Waals surface area contributed by atoms with E-state index in [9.17, 15) is 0 Å². The quantitative estimate of drug-likeness (QED) is 0.453. The third-order valence-electron chi connectivity index (χ3n) is 2.04. The topological polar surface area (TPSA) is 84.0 Å². The minimum atomic E-state index is -0.130. The average Bonchev–Trinajstić information content (AvgIpc) is 2.27. The number of ether oxygens (including phenoxy) is 1. The molecule has 0 saturated heterocycles. The first-order chi connectivity index (χ1) is 7.26. The summed E-state index contributed by atoms with van der Waals surface area (Å²) >= 11 is 0. The average molecular weight is 206 g/mol. The van der Waals surface area contributed by atoms with E-state index < -0.39 is 0 Å². The van der Waals surface area contributed by atoms with Gasteiger partial charge in [-0.25, -0.2) is 0 Å². The van der Waals surface area contributed by atoms with Crippen LogP contribution in [0.15, 0.2) is 29.4 Å². The number of nitrogens with zero attached hydrogens (tertiary/aromatic N) is 3. The smallest absolute Gasteiger partial charge is 0.118 e. The van der Waals surface area contributed by atoms with Gasteiger partial charge in [-0.2, -0.15) is 0 Å². The molecular formula is C10H14N4O. The Morgan fingerprint density at radius 3 is 2.67 bits per heavy atom. The fourth-order valence-corrected chi connectivity index (χ4v) is 1.27. The molecule has 0 amide bonds. The highest BCUT2D eigenvalue weighted by atomic mass is 16.5. The zero-order valence-electron chi connectivity index (χ0n) is 8.63. The van der Waals surface area contributed by atoms with Gasteiger partial charge in [-0.3, -0.25) is 0 Å². The third-order valence-corrected chi connectivity index (χ3v) is 2.04. The van der Waals surface area contributed by atoms with Crippen LogP contribution < -0.4 is 10.5 Å². The maximum Gasteiger partial charge on any atom is 0.118 e. The van der Waals surface area contributed by atoms with E-state index in [0.717, 1.165) is 11.3 Å². The predicted octanol–water partition coefficient (Wildman–Crippen LogP) is 1.88. The van der Waals surface area contributed by atoms with Crippen molar-refractivity contribution in [3.05, 3.63) is 40.3 Å². The van der Waals surface area contributed by atoms with Gasteiger partial charge in [0.25, 0.3) is 0 Å². The van der Waals surface area contributed by atoms with Gasteiger partial charge in [0.15, 0.2) is 0 Å². The molecule has 0 unspecified atom stereocenters. The highest BCUT2D eigenvalue weighted by Crippen LogP contribution is 2.12. The van der Waals surface area contributed by atoms with Crippen LogP contribution in [0.1, 0.15) is 5.56 Å². The van der Waals surface area contributed by atoms with Crippen molar-refractivity contribution < 1.29 is 4.74 Å². The zero-order valence-corrected chi connectivity index (χ0v) is 8.63. The molecule has 5 heteroatoms. The van der Waals surface area contributed by atoms with Gasteiger partial charge >= 0.3 is 0 Å². The molecule has 0 fully saturated rings. The lowest BCUT2D eigenvalue weighted by Crippen LogP contribution is -2.25. The number of nitrogens with two attached hydrogens (primary N) is 1. The molecule has 5 nitrogen and oxygen atoms in total. The molecule has 1 atom stereocenters. The molecule has 0 spiro atoms. The van der Waals surface area contributed by atoms with E-state index in [0.29, 0.717) is 13.0 Å². The van der Waals surface area contributed by atoms with Crippen LogP contribution in [-0.2, 0) is 6.42 Å². The summed E-state index contributed by atoms with van der Waals surface area (Å²) in [6.45, 7) is 0.322. The van der Waals surface area contributed by atoms with Crippen molar-refractivity contribution in [2.75, 3.05) is 13.7 Å². The monoisotopic (exact) mass is 206 g/mol. The Kier molecular flexibility index (Phi) is 4.47. The first-order valence-electron chi connectivity index (χ1n) is 4.65. The molecule has 0 bridgehead atoms. The minimum Gasteiger partial charge on any atom is -0.497 e. The highest BCUT2D eigenvalue weighted by molar-refractivity contribution is 5.27. The van der Waals surface area contributed by atoms with Gasteiger partial charge < -0.3 is 10.5 Å². The Balaban J connectivity index is 2.52. The van der Waals surface area contributed by atoms with Crippen LogP contribution in [0.4, 0.5) is 0 Å². The van der Waals surface area contributed by atoms with Crippen molar-refractivity contribution in [2.45, 2.75) is 12.5 Å². The van der Waals surface area contributed by atoms with Crippen LogP contribution in [0.5, 0.6) is 5.75 Å². The normalized spacial score (nSPS) is 11.6. The van der Waals surface area contributed by atoms with Crippen LogP contribution >= 0.6 is 0 Å². The van der Waals surface area contributed by atoms with Crippen LogP contribution in [0.25, 0.3) is 10.4 Å². The molecule has 80 valence electrons. The summed E-state index contributed by atoms with van der Waals surface area (Å²) in [7, 11) is 1.63. The van der Waals surface area contributed by atoms with E-state index >= 15 is 0 Å². The SMILES string of the molecule is COc1ccc(C[C@H](N)CN=[N+]=[N-])cc1. The molecule has 0 aliphatic rings. The molecule has 15 heavy (non-hydrogen) atoms. The number of methoxy groups -OCH3 is 1. The summed E-state index contributed by atoms with van der Waals surface area (Å²) in [4.78, 5) is 2.67. The molecule has 0 aliphatic heterocycles. The molecule has 1 rings (SSSR count). The van der Waals surface area contributed by atoms with Crippen molar-refractivity contribution in [3.63, 3.8) is 0 Å². The van der Waals surface area contributed by atoms with Gasteiger partial charge in [0.05, 0.1) is 7.11 Å². The second kappa shape index (κ2) is 5.90. The van der Waals surface area contributed by atoms with Crippen molar-refractivity contribution in [2.24, 2.45) is 10.8 Å². The number of rotatable bonds is 5. The van der Waals surface area contributed by atoms with Gasteiger partial charge in [-0.1, -0.05) is 17.2 Å². The third kappa shape index (κ3) is 3.89. The summed E-state index contributed by atoms with van der Waals surface area (Å²) in [5.41, 5.74) is 15.0. The summed E-state index contributed by atoms with van der Waals surface area (Å²) in [6, 6.07) is 7.55. The Hall–Kier alpha value is -1.71. The fraction of sp³-hybridized carbons (Fsp3) is 0.400. The van der Waals surface area contributed by atoms with Crippen molar-refractivity contribution in [1.29, 1.82) is 0 Å². The summed E-state index contributed by atoms with van der Waals surface area (Å²) < 4.78 is 5.04. The first-order valence-corrected chi connectivity index (χ1v) is 4.65. The van der Waals surface area contributed by atoms with Gasteiger partial charge in [0.2, 0.25) is 0 Å². The van der Waals surface area contributed by atoms with E-state index in [1.54, 1.807) is 7.11 Å². The lowest BCUT2D eigenvalue weighted by atomic mass is 10.1. The van der Waals surface area contributed by atoms with Gasteiger partial charge in [-0.05, 0) is 29.6 Å². The molecule has 0 saturated carbocycles. The predicted molar refractivity (Wildman–Crippen MR) is 58.7 cm³/mol. The zero-order chi connectivity index (χ0) is 11.1. The first kappa shape index (κ1) is 11.4. The van der Waals surface area contributed by atoms with Gasteiger partial charge in [-0.15, -0.1) is 0 Å². The second-order valence-electron chi connectivity index (χ2n) is 3.23. The number of azide groups is 1. The van der Waals surface area contributed by atoms with E-state index in [-0.39, 0.29) is 6.04 Å². The lowest BCUT2D eigenvalue weighted by molar-refractivity contribution is 0.414. The summed E-state index contributed by atoms with van der Waals surface area (Å²) in [6.07, 6.45) is 0.697. The molecule has 0 aromatic heterocycles. The van der Waals surface area contributed by atoms with Crippen LogP contribution in [0.3, 0.4) is 0 Å². The molecular weight excluding hydrogens is 192 g/mol. The maximum absolute atomic E-state index is 8.14. The van der Waals surface area contributed by atoms with Crippen LogP contribution in [0, 0.1) is 0 Å². The molecule has 0 aliphatic carbocycles. The van der Waals surface area contributed by atoms with Crippen molar-refractivity contribution in [1.82, 2.24) is 0 Å².